The van der Waals surface area contributed by atoms with Gasteiger partial charge in [0, 0.05) is 5.56 Å². The quantitative estimate of drug-likeness (QED) is 0.375. The monoisotopic (exact) mass is 477 g/mol. The van der Waals surface area contributed by atoms with Crippen molar-refractivity contribution in [2.75, 3.05) is 12.0 Å². The number of carboxylic acid groups (broad SMARTS) is 1. The van der Waals surface area contributed by atoms with Crippen molar-refractivity contribution in [1.82, 2.24) is 5.32 Å². The minimum Gasteiger partial charge on any atom is -0.480 e. The predicted molar refractivity (Wildman–Crippen MR) is 138 cm³/mol. The first kappa shape index (κ1) is 25.5. The van der Waals surface area contributed by atoms with Crippen LogP contribution in [0.2, 0.25) is 0 Å². The van der Waals surface area contributed by atoms with Gasteiger partial charge in [0.25, 0.3) is 5.91 Å². The first-order chi connectivity index (χ1) is 16.4. The van der Waals surface area contributed by atoms with Crippen LogP contribution < -0.4 is 5.32 Å². The van der Waals surface area contributed by atoms with Crippen LogP contribution in [0.3, 0.4) is 0 Å². The second kappa shape index (κ2) is 12.4. The molecule has 1 atom stereocenters. The van der Waals surface area contributed by atoms with E-state index in [1.54, 1.807) is 17.8 Å². The number of hydrogen-bond donors (Lipinski definition) is 2. The average molecular weight is 478 g/mol. The summed E-state index contributed by atoms with van der Waals surface area (Å²) in [6.45, 7) is 4.95. The fourth-order valence-electron chi connectivity index (χ4n) is 3.79. The number of carboxylic acids is 1. The Kier molecular flexibility index (Phi) is 9.31. The number of thioether (sulfide) groups is 1. The van der Waals surface area contributed by atoms with Crippen LogP contribution in [0.25, 0.3) is 11.1 Å². The molecule has 0 aliphatic rings. The maximum Gasteiger partial charge on any atom is 0.326 e. The van der Waals surface area contributed by atoms with Gasteiger partial charge in [0.15, 0.2) is 0 Å². The number of benzene rings is 3. The summed E-state index contributed by atoms with van der Waals surface area (Å²) in [7, 11) is 0. The van der Waals surface area contributed by atoms with Gasteiger partial charge in [-0.2, -0.15) is 11.8 Å². The van der Waals surface area contributed by atoms with E-state index in [0.717, 1.165) is 27.8 Å². The second-order valence-corrected chi connectivity index (χ2v) is 9.31. The SMILES string of the molecule is CSCCC(NC(=O)c1ccc(COCc2cccc(C)c2)cc1-c1ccccc1C)C(=O)O. The van der Waals surface area contributed by atoms with E-state index >= 15 is 0 Å². The summed E-state index contributed by atoms with van der Waals surface area (Å²) in [5.74, 6) is -0.765. The lowest BCUT2D eigenvalue weighted by molar-refractivity contribution is -0.139. The van der Waals surface area contributed by atoms with E-state index in [2.05, 4.69) is 24.4 Å². The summed E-state index contributed by atoms with van der Waals surface area (Å²) in [4.78, 5) is 24.8. The number of hydrogen-bond acceptors (Lipinski definition) is 4. The Morgan fingerprint density at radius 2 is 1.68 bits per heavy atom. The second-order valence-electron chi connectivity index (χ2n) is 8.32. The van der Waals surface area contributed by atoms with E-state index < -0.39 is 12.0 Å². The molecule has 5 nitrogen and oxygen atoms in total. The van der Waals surface area contributed by atoms with Crippen molar-refractivity contribution < 1.29 is 19.4 Å². The van der Waals surface area contributed by atoms with Crippen molar-refractivity contribution in [3.63, 3.8) is 0 Å². The minimum atomic E-state index is -1.03. The van der Waals surface area contributed by atoms with Crippen LogP contribution in [-0.2, 0) is 22.7 Å². The van der Waals surface area contributed by atoms with E-state index in [0.29, 0.717) is 31.0 Å². The van der Waals surface area contributed by atoms with E-state index in [9.17, 15) is 14.7 Å². The molecule has 3 aromatic rings. The van der Waals surface area contributed by atoms with Crippen molar-refractivity contribution in [1.29, 1.82) is 0 Å². The number of carbonyl (C=O) groups is 2. The third-order valence-corrected chi connectivity index (χ3v) is 6.24. The summed E-state index contributed by atoms with van der Waals surface area (Å²) in [5.41, 5.74) is 6.43. The average Bonchev–Trinajstić information content (AvgIpc) is 2.82. The molecule has 1 amide bonds. The Bertz CT molecular complexity index is 1140. The molecule has 34 heavy (non-hydrogen) atoms. The Labute approximate surface area is 205 Å². The molecule has 0 aromatic heterocycles. The molecule has 0 radical (unpaired) electrons. The molecule has 3 aromatic carbocycles. The Balaban J connectivity index is 1.85. The molecule has 0 heterocycles. The molecular weight excluding hydrogens is 446 g/mol. The molecule has 0 aliphatic heterocycles. The molecule has 6 heteroatoms. The highest BCUT2D eigenvalue weighted by molar-refractivity contribution is 7.98. The van der Waals surface area contributed by atoms with Crippen molar-refractivity contribution in [2.24, 2.45) is 0 Å². The lowest BCUT2D eigenvalue weighted by Crippen LogP contribution is -2.41. The molecule has 0 aliphatic carbocycles. The van der Waals surface area contributed by atoms with E-state index in [1.807, 2.05) is 61.7 Å². The van der Waals surface area contributed by atoms with Crippen LogP contribution >= 0.6 is 11.8 Å². The highest BCUT2D eigenvalue weighted by atomic mass is 32.2. The highest BCUT2D eigenvalue weighted by Gasteiger charge is 2.22. The minimum absolute atomic E-state index is 0.368. The topological polar surface area (TPSA) is 75.6 Å². The van der Waals surface area contributed by atoms with Gasteiger partial charge in [0.05, 0.1) is 13.2 Å². The van der Waals surface area contributed by atoms with Crippen LogP contribution in [0.4, 0.5) is 0 Å². The standard InChI is InChI=1S/C28H31NO4S/c1-19-7-6-9-21(15-19)17-33-18-22-11-12-24(25(16-22)23-10-5-4-8-20(23)2)27(30)29-26(28(31)32)13-14-34-3/h4-12,15-16,26H,13-14,17-18H2,1-3H3,(H,29,30)(H,31,32). The van der Waals surface area contributed by atoms with Crippen LogP contribution in [0.1, 0.15) is 39.0 Å². The number of nitrogens with one attached hydrogen (secondary N) is 1. The van der Waals surface area contributed by atoms with Crippen molar-refractivity contribution in [2.45, 2.75) is 39.5 Å². The van der Waals surface area contributed by atoms with Gasteiger partial charge in [-0.15, -0.1) is 0 Å². The fourth-order valence-corrected chi connectivity index (χ4v) is 4.27. The maximum absolute atomic E-state index is 13.2. The number of aliphatic carboxylic acids is 1. The molecule has 3 rings (SSSR count). The lowest BCUT2D eigenvalue weighted by atomic mass is 9.93. The number of rotatable bonds is 11. The van der Waals surface area contributed by atoms with Gasteiger partial charge in [-0.1, -0.05) is 60.2 Å². The van der Waals surface area contributed by atoms with Gasteiger partial charge < -0.3 is 15.2 Å². The number of carbonyl (C=O) groups excluding carboxylic acids is 1. The fraction of sp³-hybridized carbons (Fsp3) is 0.286. The normalized spacial score (nSPS) is 11.7. The smallest absolute Gasteiger partial charge is 0.326 e. The van der Waals surface area contributed by atoms with Crippen LogP contribution in [0.5, 0.6) is 0 Å². The van der Waals surface area contributed by atoms with Gasteiger partial charge in [0.2, 0.25) is 0 Å². The van der Waals surface area contributed by atoms with Gasteiger partial charge in [-0.05, 0) is 72.2 Å². The van der Waals surface area contributed by atoms with Gasteiger partial charge in [-0.3, -0.25) is 4.79 Å². The van der Waals surface area contributed by atoms with Crippen molar-refractivity contribution >= 4 is 23.6 Å². The molecule has 0 bridgehead atoms. The summed E-state index contributed by atoms with van der Waals surface area (Å²) >= 11 is 1.55. The largest absolute Gasteiger partial charge is 0.480 e. The van der Waals surface area contributed by atoms with Crippen molar-refractivity contribution in [3.05, 3.63) is 94.5 Å². The molecule has 0 fully saturated rings. The Morgan fingerprint density at radius 3 is 2.35 bits per heavy atom. The molecule has 1 unspecified atom stereocenters. The molecule has 0 saturated carbocycles. The molecule has 0 saturated heterocycles. The molecule has 0 spiro atoms. The zero-order chi connectivity index (χ0) is 24.5. The first-order valence-corrected chi connectivity index (χ1v) is 12.6. The summed E-state index contributed by atoms with van der Waals surface area (Å²) < 4.78 is 5.94. The molecular formula is C28H31NO4S. The van der Waals surface area contributed by atoms with Crippen LogP contribution in [0, 0.1) is 13.8 Å². The number of ether oxygens (including phenoxy) is 1. The van der Waals surface area contributed by atoms with E-state index in [1.165, 1.54) is 5.56 Å². The highest BCUT2D eigenvalue weighted by Crippen LogP contribution is 2.29. The first-order valence-electron chi connectivity index (χ1n) is 11.2. The van der Waals surface area contributed by atoms with E-state index in [4.69, 9.17) is 4.74 Å². The Hall–Kier alpha value is -3.09. The zero-order valence-electron chi connectivity index (χ0n) is 19.8. The lowest BCUT2D eigenvalue weighted by Gasteiger charge is -2.18. The Morgan fingerprint density at radius 1 is 0.941 bits per heavy atom. The summed E-state index contributed by atoms with van der Waals surface area (Å²) in [6, 6.07) is 20.7. The van der Waals surface area contributed by atoms with E-state index in [-0.39, 0.29) is 5.91 Å². The molecule has 2 N–H and O–H groups in total. The van der Waals surface area contributed by atoms with Crippen molar-refractivity contribution in [3.8, 4) is 11.1 Å². The number of aryl methyl sites for hydroxylation is 2. The zero-order valence-corrected chi connectivity index (χ0v) is 20.7. The number of amides is 1. The molecule has 178 valence electrons. The van der Waals surface area contributed by atoms with Gasteiger partial charge in [-0.25, -0.2) is 4.79 Å². The van der Waals surface area contributed by atoms with Gasteiger partial charge in [0.1, 0.15) is 6.04 Å². The van der Waals surface area contributed by atoms with Gasteiger partial charge >= 0.3 is 5.97 Å². The summed E-state index contributed by atoms with van der Waals surface area (Å²) in [5, 5.41) is 12.2. The van der Waals surface area contributed by atoms with Crippen LogP contribution in [0.15, 0.2) is 66.7 Å². The maximum atomic E-state index is 13.2. The van der Waals surface area contributed by atoms with Crippen LogP contribution in [-0.4, -0.2) is 35.0 Å². The predicted octanol–water partition coefficient (Wildman–Crippen LogP) is 5.62. The summed E-state index contributed by atoms with van der Waals surface area (Å²) in [6.07, 6.45) is 2.28. The third kappa shape index (κ3) is 6.95. The third-order valence-electron chi connectivity index (χ3n) is 5.60.